The third-order valence-corrected chi connectivity index (χ3v) is 3.49. The van der Waals surface area contributed by atoms with Gasteiger partial charge in [0.15, 0.2) is 11.6 Å². The minimum Gasteiger partial charge on any atom is -0.362 e. The van der Waals surface area contributed by atoms with Crippen molar-refractivity contribution in [3.63, 3.8) is 0 Å². The molecule has 0 fully saturated rings. The summed E-state index contributed by atoms with van der Waals surface area (Å²) in [5.41, 5.74) is 2.93. The number of ketones is 1. The van der Waals surface area contributed by atoms with Gasteiger partial charge in [0, 0.05) is 0 Å². The minimum atomic E-state index is -1.41. The monoisotopic (exact) mass is 280 g/mol. The zero-order valence-electron chi connectivity index (χ0n) is 11.7. The molecule has 3 nitrogen and oxygen atoms in total. The summed E-state index contributed by atoms with van der Waals surface area (Å²) in [6.45, 7) is 1.52. The van der Waals surface area contributed by atoms with Gasteiger partial charge in [-0.25, -0.2) is 0 Å². The van der Waals surface area contributed by atoms with Gasteiger partial charge in [0.25, 0.3) is 0 Å². The van der Waals surface area contributed by atoms with Crippen LogP contribution in [0.2, 0.25) is 0 Å². The van der Waals surface area contributed by atoms with E-state index in [4.69, 9.17) is 4.74 Å². The first-order chi connectivity index (χ1) is 10.1. The van der Waals surface area contributed by atoms with Gasteiger partial charge in [0.2, 0.25) is 0 Å². The number of carbonyl (C=O) groups excluding carboxylic acids is 1. The molecule has 3 rings (SSSR count). The van der Waals surface area contributed by atoms with Crippen molar-refractivity contribution in [2.24, 2.45) is 0 Å². The Morgan fingerprint density at radius 1 is 1.00 bits per heavy atom. The summed E-state index contributed by atoms with van der Waals surface area (Å²) < 4.78 is 5.44. The number of benzene rings is 2. The molecule has 106 valence electrons. The normalized spacial score (nSPS) is 25.0. The van der Waals surface area contributed by atoms with Gasteiger partial charge in [-0.3, -0.25) is 4.79 Å². The van der Waals surface area contributed by atoms with Crippen LogP contribution < -0.4 is 0 Å². The van der Waals surface area contributed by atoms with Crippen LogP contribution in [-0.4, -0.2) is 16.7 Å². The molecule has 2 aromatic carbocycles. The first kappa shape index (κ1) is 13.7. The fourth-order valence-electron chi connectivity index (χ4n) is 2.37. The summed E-state index contributed by atoms with van der Waals surface area (Å²) in [7, 11) is 0. The molecule has 21 heavy (non-hydrogen) atoms. The van der Waals surface area contributed by atoms with Gasteiger partial charge >= 0.3 is 0 Å². The summed E-state index contributed by atoms with van der Waals surface area (Å²) in [4.78, 5) is 11.9. The third kappa shape index (κ3) is 2.94. The fraction of sp³-hybridized carbons (Fsp3) is 0.167. The molecule has 0 amide bonds. The highest BCUT2D eigenvalue weighted by atomic mass is 16.6. The van der Waals surface area contributed by atoms with Crippen LogP contribution in [-0.2, 0) is 9.53 Å². The van der Waals surface area contributed by atoms with Crippen molar-refractivity contribution in [2.45, 2.75) is 18.8 Å². The molecule has 2 atom stereocenters. The van der Waals surface area contributed by atoms with Crippen LogP contribution in [0, 0.1) is 0 Å². The second kappa shape index (κ2) is 5.28. The smallest absolute Gasteiger partial charge is 0.188 e. The van der Waals surface area contributed by atoms with E-state index in [-0.39, 0.29) is 5.78 Å². The fourth-order valence-corrected chi connectivity index (χ4v) is 2.37. The molecule has 1 aliphatic rings. The first-order valence-corrected chi connectivity index (χ1v) is 6.84. The summed E-state index contributed by atoms with van der Waals surface area (Å²) in [5.74, 6) is -1.56. The summed E-state index contributed by atoms with van der Waals surface area (Å²) >= 11 is 0. The van der Waals surface area contributed by atoms with Crippen molar-refractivity contribution in [3.8, 4) is 11.1 Å². The van der Waals surface area contributed by atoms with E-state index in [0.717, 1.165) is 16.7 Å². The lowest BCUT2D eigenvalue weighted by Crippen LogP contribution is -2.34. The molecule has 1 N–H and O–H groups in total. The van der Waals surface area contributed by atoms with E-state index in [1.807, 2.05) is 54.6 Å². The van der Waals surface area contributed by atoms with Crippen molar-refractivity contribution in [2.75, 3.05) is 0 Å². The number of carbonyl (C=O) groups is 1. The third-order valence-electron chi connectivity index (χ3n) is 3.49. The highest BCUT2D eigenvalue weighted by Gasteiger charge is 2.32. The Morgan fingerprint density at radius 2 is 1.62 bits per heavy atom. The lowest BCUT2D eigenvalue weighted by atomic mass is 9.98. The lowest BCUT2D eigenvalue weighted by Gasteiger charge is -2.29. The quantitative estimate of drug-likeness (QED) is 0.918. The maximum absolute atomic E-state index is 11.9. The summed E-state index contributed by atoms with van der Waals surface area (Å²) in [5, 5.41) is 9.90. The molecule has 0 saturated heterocycles. The molecule has 1 heterocycles. The van der Waals surface area contributed by atoms with E-state index in [0.29, 0.717) is 0 Å². The maximum Gasteiger partial charge on any atom is 0.188 e. The maximum atomic E-state index is 11.9. The Bertz CT molecular complexity index is 669. The van der Waals surface area contributed by atoms with E-state index >= 15 is 0 Å². The number of ether oxygens (including phenoxy) is 1. The zero-order chi connectivity index (χ0) is 14.9. The summed E-state index contributed by atoms with van der Waals surface area (Å²) in [6.07, 6.45) is 1.98. The van der Waals surface area contributed by atoms with Gasteiger partial charge in [-0.15, -0.1) is 0 Å². The second-order valence-corrected chi connectivity index (χ2v) is 5.28. The van der Waals surface area contributed by atoms with Crippen molar-refractivity contribution in [1.82, 2.24) is 0 Å². The molecule has 0 bridgehead atoms. The molecule has 3 heteroatoms. The van der Waals surface area contributed by atoms with E-state index in [1.165, 1.54) is 19.1 Å². The van der Waals surface area contributed by atoms with Crippen LogP contribution in [0.3, 0.4) is 0 Å². The second-order valence-electron chi connectivity index (χ2n) is 5.28. The molecule has 0 unspecified atom stereocenters. The Kier molecular flexibility index (Phi) is 3.45. The van der Waals surface area contributed by atoms with Gasteiger partial charge in [0.05, 0.1) is 0 Å². The average Bonchev–Trinajstić information content (AvgIpc) is 2.51. The van der Waals surface area contributed by atoms with Crippen molar-refractivity contribution >= 4 is 5.78 Å². The Hall–Kier alpha value is -2.23. The van der Waals surface area contributed by atoms with E-state index < -0.39 is 11.9 Å². The van der Waals surface area contributed by atoms with E-state index in [1.54, 1.807) is 0 Å². The highest BCUT2D eigenvalue weighted by Crippen LogP contribution is 2.30. The van der Waals surface area contributed by atoms with Gasteiger partial charge < -0.3 is 9.84 Å². The molecular formula is C18H16O3. The van der Waals surface area contributed by atoms with Crippen molar-refractivity contribution in [1.29, 1.82) is 0 Å². The Balaban J connectivity index is 1.88. The van der Waals surface area contributed by atoms with Crippen molar-refractivity contribution in [3.05, 3.63) is 72.3 Å². The topological polar surface area (TPSA) is 46.5 Å². The molecule has 2 aromatic rings. The van der Waals surface area contributed by atoms with Crippen LogP contribution in [0.4, 0.5) is 0 Å². The molecule has 1 aliphatic heterocycles. The van der Waals surface area contributed by atoms with E-state index in [9.17, 15) is 9.90 Å². The Morgan fingerprint density at radius 3 is 2.29 bits per heavy atom. The standard InChI is InChI=1S/C18H16O3/c1-18(20)12-11-16(19)17(21-18)15-9-7-14(8-10-15)13-5-3-2-4-6-13/h2-12,17,20H,1H3/t17-,18+/m0/s1. The average molecular weight is 280 g/mol. The van der Waals surface area contributed by atoms with Crippen LogP contribution in [0.5, 0.6) is 0 Å². The van der Waals surface area contributed by atoms with Crippen LogP contribution in [0.15, 0.2) is 66.7 Å². The van der Waals surface area contributed by atoms with Gasteiger partial charge in [-0.1, -0.05) is 54.6 Å². The molecule has 0 radical (unpaired) electrons. The number of aliphatic hydroxyl groups is 1. The molecule has 0 aromatic heterocycles. The number of rotatable bonds is 2. The predicted molar refractivity (Wildman–Crippen MR) is 80.5 cm³/mol. The van der Waals surface area contributed by atoms with Crippen molar-refractivity contribution < 1.29 is 14.6 Å². The van der Waals surface area contributed by atoms with E-state index in [2.05, 4.69) is 0 Å². The lowest BCUT2D eigenvalue weighted by molar-refractivity contribution is -0.194. The molecule has 0 spiro atoms. The number of hydrogen-bond donors (Lipinski definition) is 1. The van der Waals surface area contributed by atoms with Gasteiger partial charge in [-0.05, 0) is 35.8 Å². The largest absolute Gasteiger partial charge is 0.362 e. The molecular weight excluding hydrogens is 264 g/mol. The van der Waals surface area contributed by atoms with Crippen LogP contribution >= 0.6 is 0 Å². The zero-order valence-corrected chi connectivity index (χ0v) is 11.7. The predicted octanol–water partition coefficient (Wildman–Crippen LogP) is 3.26. The van der Waals surface area contributed by atoms with Gasteiger partial charge in [-0.2, -0.15) is 0 Å². The van der Waals surface area contributed by atoms with Gasteiger partial charge in [0.1, 0.15) is 6.10 Å². The van der Waals surface area contributed by atoms with Crippen LogP contribution in [0.25, 0.3) is 11.1 Å². The Labute approximate surface area is 123 Å². The molecule has 0 aliphatic carbocycles. The van der Waals surface area contributed by atoms with Crippen LogP contribution in [0.1, 0.15) is 18.6 Å². The minimum absolute atomic E-state index is 0.158. The SMILES string of the molecule is C[C@]1(O)C=CC(=O)[C@H](c2ccc(-c3ccccc3)cc2)O1. The first-order valence-electron chi connectivity index (χ1n) is 6.84. The summed E-state index contributed by atoms with van der Waals surface area (Å²) in [6, 6.07) is 17.6. The number of hydrogen-bond acceptors (Lipinski definition) is 3. The molecule has 0 saturated carbocycles. The highest BCUT2D eigenvalue weighted by molar-refractivity contribution is 5.95.